The van der Waals surface area contributed by atoms with E-state index in [1.165, 1.54) is 0 Å². The summed E-state index contributed by atoms with van der Waals surface area (Å²) in [6.45, 7) is 8.53. The molecule has 0 atom stereocenters. The highest BCUT2D eigenvalue weighted by molar-refractivity contribution is 7.80. The molecule has 2 N–H and O–H groups in total. The van der Waals surface area contributed by atoms with Gasteiger partial charge in [-0.25, -0.2) is 0 Å². The fraction of sp³-hybridized carbons (Fsp3) is 0.200. The largest absolute Gasteiger partial charge is 0.494 e. The quantitative estimate of drug-likeness (QED) is 0.566. The Morgan fingerprint density at radius 1 is 1.15 bits per heavy atom. The predicted molar refractivity (Wildman–Crippen MR) is 108 cm³/mol. The highest BCUT2D eigenvalue weighted by Crippen LogP contribution is 2.24. The fourth-order valence-corrected chi connectivity index (χ4v) is 2.32. The van der Waals surface area contributed by atoms with Crippen molar-refractivity contribution in [3.8, 4) is 11.5 Å². The average molecular weight is 370 g/mol. The van der Waals surface area contributed by atoms with Gasteiger partial charge in [0.25, 0.3) is 5.91 Å². The van der Waals surface area contributed by atoms with Crippen molar-refractivity contribution in [2.75, 3.05) is 18.5 Å². The van der Waals surface area contributed by atoms with Crippen molar-refractivity contribution in [2.24, 2.45) is 0 Å². The Labute approximate surface area is 159 Å². The number of hydrogen-bond donors (Lipinski definition) is 2. The van der Waals surface area contributed by atoms with E-state index in [4.69, 9.17) is 21.7 Å². The topological polar surface area (TPSA) is 59.6 Å². The molecule has 1 amide bonds. The summed E-state index contributed by atoms with van der Waals surface area (Å²) >= 11 is 5.24. The molecule has 5 nitrogen and oxygen atoms in total. The standard InChI is InChI=1S/C20H22N2O3S/c1-4-24-16-9-7-8-15(12-16)19(23)22-20(26)21-17-10-5-6-11-18(17)25-13-14(2)3/h5-12H,2,4,13H2,1,3H3,(H2,21,22,23,26). The number of ether oxygens (including phenoxy) is 2. The molecule has 0 bridgehead atoms. The first-order valence-corrected chi connectivity index (χ1v) is 8.62. The van der Waals surface area contributed by atoms with Gasteiger partial charge in [-0.05, 0) is 62.0 Å². The van der Waals surface area contributed by atoms with Crippen LogP contribution in [0.2, 0.25) is 0 Å². The van der Waals surface area contributed by atoms with Crippen LogP contribution in [-0.2, 0) is 0 Å². The van der Waals surface area contributed by atoms with Crippen LogP contribution in [0.4, 0.5) is 5.69 Å². The number of para-hydroxylation sites is 2. The number of carbonyl (C=O) groups excluding carboxylic acids is 1. The van der Waals surface area contributed by atoms with Crippen LogP contribution in [0.1, 0.15) is 24.2 Å². The molecule has 0 spiro atoms. The first-order valence-electron chi connectivity index (χ1n) is 8.21. The van der Waals surface area contributed by atoms with E-state index >= 15 is 0 Å². The number of benzene rings is 2. The summed E-state index contributed by atoms with van der Waals surface area (Å²) in [7, 11) is 0. The summed E-state index contributed by atoms with van der Waals surface area (Å²) in [5.74, 6) is 0.951. The minimum Gasteiger partial charge on any atom is -0.494 e. The zero-order valence-corrected chi connectivity index (χ0v) is 15.7. The minimum absolute atomic E-state index is 0.184. The molecule has 2 rings (SSSR count). The van der Waals surface area contributed by atoms with Gasteiger partial charge in [-0.15, -0.1) is 0 Å². The summed E-state index contributed by atoms with van der Waals surface area (Å²) in [5.41, 5.74) is 2.04. The van der Waals surface area contributed by atoms with E-state index in [9.17, 15) is 4.79 Å². The molecule has 0 fully saturated rings. The molecule has 0 heterocycles. The lowest BCUT2D eigenvalue weighted by Crippen LogP contribution is -2.34. The Kier molecular flexibility index (Phi) is 7.17. The van der Waals surface area contributed by atoms with Crippen LogP contribution in [-0.4, -0.2) is 24.2 Å². The van der Waals surface area contributed by atoms with Gasteiger partial charge in [0.15, 0.2) is 5.11 Å². The van der Waals surface area contributed by atoms with Crippen molar-refractivity contribution < 1.29 is 14.3 Å². The molecule has 6 heteroatoms. The molecule has 2 aromatic carbocycles. The SMILES string of the molecule is C=C(C)COc1ccccc1NC(=S)NC(=O)c1cccc(OCC)c1. The van der Waals surface area contributed by atoms with Gasteiger partial charge >= 0.3 is 0 Å². The molecule has 0 unspecified atom stereocenters. The lowest BCUT2D eigenvalue weighted by molar-refractivity contribution is 0.0977. The maximum atomic E-state index is 12.4. The van der Waals surface area contributed by atoms with Gasteiger partial charge < -0.3 is 14.8 Å². The highest BCUT2D eigenvalue weighted by atomic mass is 32.1. The second-order valence-electron chi connectivity index (χ2n) is 5.61. The summed E-state index contributed by atoms with van der Waals surface area (Å²) in [5, 5.41) is 5.83. The third kappa shape index (κ3) is 5.89. The van der Waals surface area contributed by atoms with Crippen LogP contribution >= 0.6 is 12.2 Å². The van der Waals surface area contributed by atoms with Gasteiger partial charge in [0.1, 0.15) is 18.1 Å². The number of hydrogen-bond acceptors (Lipinski definition) is 4. The summed E-state index contributed by atoms with van der Waals surface area (Å²) in [4.78, 5) is 12.4. The van der Waals surface area contributed by atoms with Crippen LogP contribution in [0.5, 0.6) is 11.5 Å². The van der Waals surface area contributed by atoms with E-state index in [0.29, 0.717) is 36.0 Å². The molecule has 0 aliphatic rings. The molecule has 0 aliphatic carbocycles. The van der Waals surface area contributed by atoms with Crippen molar-refractivity contribution >= 4 is 28.9 Å². The minimum atomic E-state index is -0.315. The number of anilines is 1. The maximum absolute atomic E-state index is 12.4. The fourth-order valence-electron chi connectivity index (χ4n) is 2.12. The monoisotopic (exact) mass is 370 g/mol. The molecule has 0 saturated carbocycles. The smallest absolute Gasteiger partial charge is 0.257 e. The summed E-state index contributed by atoms with van der Waals surface area (Å²) in [6.07, 6.45) is 0. The molecular weight excluding hydrogens is 348 g/mol. The Morgan fingerprint density at radius 2 is 1.92 bits per heavy atom. The Hall–Kier alpha value is -2.86. The Morgan fingerprint density at radius 3 is 2.65 bits per heavy atom. The first-order chi connectivity index (χ1) is 12.5. The Balaban J connectivity index is 2.01. The van der Waals surface area contributed by atoms with Gasteiger partial charge in [-0.2, -0.15) is 0 Å². The van der Waals surface area contributed by atoms with Crippen LogP contribution in [0, 0.1) is 0 Å². The van der Waals surface area contributed by atoms with E-state index in [2.05, 4.69) is 17.2 Å². The Bertz CT molecular complexity index is 805. The van der Waals surface area contributed by atoms with Crippen LogP contribution < -0.4 is 20.1 Å². The van der Waals surface area contributed by atoms with Crippen molar-refractivity contribution in [2.45, 2.75) is 13.8 Å². The molecule has 0 aliphatic heterocycles. The zero-order valence-electron chi connectivity index (χ0n) is 14.9. The van der Waals surface area contributed by atoms with Crippen LogP contribution in [0.25, 0.3) is 0 Å². The third-order valence-corrected chi connectivity index (χ3v) is 3.45. The molecule has 26 heavy (non-hydrogen) atoms. The molecule has 0 saturated heterocycles. The number of nitrogens with one attached hydrogen (secondary N) is 2. The molecule has 0 radical (unpaired) electrons. The van der Waals surface area contributed by atoms with Crippen LogP contribution in [0.15, 0.2) is 60.7 Å². The van der Waals surface area contributed by atoms with Crippen molar-refractivity contribution in [1.82, 2.24) is 5.32 Å². The van der Waals surface area contributed by atoms with Gasteiger partial charge in [0.05, 0.1) is 12.3 Å². The number of rotatable bonds is 7. The van der Waals surface area contributed by atoms with E-state index in [-0.39, 0.29) is 11.0 Å². The highest BCUT2D eigenvalue weighted by Gasteiger charge is 2.11. The van der Waals surface area contributed by atoms with E-state index in [0.717, 1.165) is 5.57 Å². The van der Waals surface area contributed by atoms with E-state index < -0.39 is 0 Å². The summed E-state index contributed by atoms with van der Waals surface area (Å²) in [6, 6.07) is 14.3. The number of carbonyl (C=O) groups is 1. The second-order valence-corrected chi connectivity index (χ2v) is 6.02. The van der Waals surface area contributed by atoms with E-state index in [1.807, 2.05) is 38.1 Å². The first kappa shape index (κ1) is 19.5. The molecule has 136 valence electrons. The van der Waals surface area contributed by atoms with Gasteiger partial charge in [0.2, 0.25) is 0 Å². The van der Waals surface area contributed by atoms with Gasteiger partial charge in [0, 0.05) is 5.56 Å². The normalized spacial score (nSPS) is 9.92. The summed E-state index contributed by atoms with van der Waals surface area (Å²) < 4.78 is 11.1. The number of thiocarbonyl (C=S) groups is 1. The molecule has 2 aromatic rings. The van der Waals surface area contributed by atoms with Crippen molar-refractivity contribution in [3.63, 3.8) is 0 Å². The van der Waals surface area contributed by atoms with Crippen molar-refractivity contribution in [3.05, 3.63) is 66.2 Å². The van der Waals surface area contributed by atoms with Gasteiger partial charge in [-0.3, -0.25) is 10.1 Å². The third-order valence-electron chi connectivity index (χ3n) is 3.24. The zero-order chi connectivity index (χ0) is 18.9. The maximum Gasteiger partial charge on any atom is 0.257 e. The predicted octanol–water partition coefficient (Wildman–Crippen LogP) is 4.17. The molecular formula is C20H22N2O3S. The second kappa shape index (κ2) is 9.58. The lowest BCUT2D eigenvalue weighted by Gasteiger charge is -2.14. The van der Waals surface area contributed by atoms with Gasteiger partial charge in [-0.1, -0.05) is 24.8 Å². The number of amides is 1. The molecule has 0 aromatic heterocycles. The average Bonchev–Trinajstić information content (AvgIpc) is 2.61. The van der Waals surface area contributed by atoms with Crippen molar-refractivity contribution in [1.29, 1.82) is 0 Å². The van der Waals surface area contributed by atoms with E-state index in [1.54, 1.807) is 24.3 Å². The van der Waals surface area contributed by atoms with Crippen LogP contribution in [0.3, 0.4) is 0 Å². The lowest BCUT2D eigenvalue weighted by atomic mass is 10.2.